The summed E-state index contributed by atoms with van der Waals surface area (Å²) in [6, 6.07) is 13.5. The molecule has 3 heterocycles. The monoisotopic (exact) mass is 505 g/mol. The van der Waals surface area contributed by atoms with Crippen molar-refractivity contribution >= 4 is 33.9 Å². The second kappa shape index (κ2) is 11.0. The molecule has 0 saturated carbocycles. The molecule has 10 nitrogen and oxygen atoms in total. The van der Waals surface area contributed by atoms with Crippen molar-refractivity contribution < 1.29 is 23.9 Å². The number of nitrogen functional groups attached to an aromatic ring is 1. The van der Waals surface area contributed by atoms with E-state index in [1.807, 2.05) is 47.0 Å². The number of quaternary nitrogens is 1. The van der Waals surface area contributed by atoms with Crippen molar-refractivity contribution in [2.24, 2.45) is 0 Å². The lowest BCUT2D eigenvalue weighted by molar-refractivity contribution is -0.906. The minimum absolute atomic E-state index is 0.232. The van der Waals surface area contributed by atoms with E-state index in [0.29, 0.717) is 53.6 Å². The highest BCUT2D eigenvalue weighted by Gasteiger charge is 2.24. The van der Waals surface area contributed by atoms with Crippen LogP contribution in [0, 0.1) is 0 Å². The van der Waals surface area contributed by atoms with Gasteiger partial charge in [0.15, 0.2) is 17.1 Å². The summed E-state index contributed by atoms with van der Waals surface area (Å²) in [4.78, 5) is 24.4. The predicted octanol–water partition coefficient (Wildman–Crippen LogP) is 1.07. The molecule has 1 aliphatic heterocycles. The Labute approximate surface area is 215 Å². The molecule has 1 aliphatic rings. The second-order valence-corrected chi connectivity index (χ2v) is 9.10. The minimum Gasteiger partial charge on any atom is -0.493 e. The molecule has 10 heteroatoms. The van der Waals surface area contributed by atoms with E-state index in [1.165, 1.54) is 4.90 Å². The third kappa shape index (κ3) is 5.16. The summed E-state index contributed by atoms with van der Waals surface area (Å²) in [5.74, 6) is 1.47. The lowest BCUT2D eigenvalue weighted by atomic mass is 10.1. The molecule has 0 spiro atoms. The van der Waals surface area contributed by atoms with Crippen LogP contribution in [0.3, 0.4) is 0 Å². The largest absolute Gasteiger partial charge is 0.493 e. The molecule has 2 aromatic heterocycles. The molecule has 5 rings (SSSR count). The molecule has 0 radical (unpaired) electrons. The Morgan fingerprint density at radius 2 is 1.81 bits per heavy atom. The fourth-order valence-corrected chi connectivity index (χ4v) is 4.80. The standard InChI is InChI=1S/C27H32N6O4/c1-35-21-8-7-18(17-22(21)36-2)9-11-33-25(28)23(27(34)29-10-12-32-13-15-37-16-14-32)24-26(33)31-20-6-4-3-5-19(20)30-24/h3-8,17H,9-16,28H2,1-2H3,(H,29,34)/p+1. The zero-order chi connectivity index (χ0) is 25.8. The van der Waals surface area contributed by atoms with E-state index in [0.717, 1.165) is 49.4 Å². The number of aryl methyl sites for hydroxylation is 2. The highest BCUT2D eigenvalue weighted by atomic mass is 16.5. The van der Waals surface area contributed by atoms with E-state index in [-0.39, 0.29) is 5.91 Å². The number of para-hydroxylation sites is 2. The van der Waals surface area contributed by atoms with Gasteiger partial charge in [0.25, 0.3) is 5.91 Å². The lowest BCUT2D eigenvalue weighted by Gasteiger charge is -2.23. The Bertz CT molecular complexity index is 1410. The van der Waals surface area contributed by atoms with Crippen LogP contribution in [0.2, 0.25) is 0 Å². The number of benzene rings is 2. The summed E-state index contributed by atoms with van der Waals surface area (Å²) in [6.45, 7) is 5.32. The van der Waals surface area contributed by atoms with Crippen LogP contribution in [-0.2, 0) is 17.7 Å². The molecule has 1 fully saturated rings. The highest BCUT2D eigenvalue weighted by Crippen LogP contribution is 2.30. The summed E-state index contributed by atoms with van der Waals surface area (Å²) in [5, 5.41) is 3.05. The maximum atomic E-state index is 13.4. The van der Waals surface area contributed by atoms with Gasteiger partial charge in [0.05, 0.1) is 51.6 Å². The van der Waals surface area contributed by atoms with Gasteiger partial charge in [-0.2, -0.15) is 0 Å². The molecule has 0 bridgehead atoms. The number of hydrogen-bond acceptors (Lipinski definition) is 7. The maximum Gasteiger partial charge on any atom is 0.257 e. The zero-order valence-electron chi connectivity index (χ0n) is 21.3. The first-order chi connectivity index (χ1) is 18.1. The van der Waals surface area contributed by atoms with Gasteiger partial charge in [-0.25, -0.2) is 9.97 Å². The number of rotatable bonds is 9. The number of aromatic nitrogens is 3. The zero-order valence-corrected chi connectivity index (χ0v) is 21.3. The molecule has 0 atom stereocenters. The summed E-state index contributed by atoms with van der Waals surface area (Å²) in [6.07, 6.45) is 0.657. The quantitative estimate of drug-likeness (QED) is 0.311. The van der Waals surface area contributed by atoms with Crippen LogP contribution >= 0.6 is 0 Å². The van der Waals surface area contributed by atoms with Gasteiger partial charge in [-0.05, 0) is 36.2 Å². The first-order valence-corrected chi connectivity index (χ1v) is 12.5. The third-order valence-electron chi connectivity index (χ3n) is 6.85. The average molecular weight is 506 g/mol. The number of nitrogens with zero attached hydrogens (tertiary/aromatic N) is 3. The van der Waals surface area contributed by atoms with Crippen molar-refractivity contribution in [3.63, 3.8) is 0 Å². The first kappa shape index (κ1) is 24.8. The van der Waals surface area contributed by atoms with Crippen LogP contribution in [0.15, 0.2) is 42.5 Å². The van der Waals surface area contributed by atoms with Gasteiger partial charge in [-0.1, -0.05) is 18.2 Å². The molecule has 1 saturated heterocycles. The summed E-state index contributed by atoms with van der Waals surface area (Å²) >= 11 is 0. The molecular weight excluding hydrogens is 472 g/mol. The second-order valence-electron chi connectivity index (χ2n) is 9.10. The fourth-order valence-electron chi connectivity index (χ4n) is 4.80. The Morgan fingerprint density at radius 1 is 1.08 bits per heavy atom. The molecule has 0 aliphatic carbocycles. The Hall–Kier alpha value is -3.89. The van der Waals surface area contributed by atoms with E-state index in [2.05, 4.69) is 5.32 Å². The maximum absolute atomic E-state index is 13.4. The number of hydrogen-bond donors (Lipinski definition) is 3. The molecule has 2 aromatic carbocycles. The van der Waals surface area contributed by atoms with Gasteiger partial charge in [0.2, 0.25) is 0 Å². The Balaban J connectivity index is 1.44. The minimum atomic E-state index is -0.232. The summed E-state index contributed by atoms with van der Waals surface area (Å²) in [7, 11) is 3.23. The highest BCUT2D eigenvalue weighted by molar-refractivity contribution is 6.10. The number of nitrogens with two attached hydrogens (primary N) is 1. The van der Waals surface area contributed by atoms with Crippen LogP contribution < -0.4 is 25.4 Å². The van der Waals surface area contributed by atoms with Gasteiger partial charge in [0.1, 0.15) is 30.0 Å². The molecule has 37 heavy (non-hydrogen) atoms. The van der Waals surface area contributed by atoms with Crippen LogP contribution in [0.4, 0.5) is 5.82 Å². The third-order valence-corrected chi connectivity index (χ3v) is 6.85. The van der Waals surface area contributed by atoms with Crippen molar-refractivity contribution in [1.82, 2.24) is 19.9 Å². The van der Waals surface area contributed by atoms with Crippen LogP contribution in [0.1, 0.15) is 15.9 Å². The topological polar surface area (TPSA) is 118 Å². The van der Waals surface area contributed by atoms with Gasteiger partial charge >= 0.3 is 0 Å². The first-order valence-electron chi connectivity index (χ1n) is 12.5. The molecule has 1 amide bonds. The van der Waals surface area contributed by atoms with Crippen molar-refractivity contribution in [1.29, 1.82) is 0 Å². The number of ether oxygens (including phenoxy) is 3. The number of carbonyl (C=O) groups excluding carboxylic acids is 1. The van der Waals surface area contributed by atoms with Crippen molar-refractivity contribution in [2.45, 2.75) is 13.0 Å². The van der Waals surface area contributed by atoms with E-state index in [9.17, 15) is 4.79 Å². The normalized spacial score (nSPS) is 14.2. The smallest absolute Gasteiger partial charge is 0.257 e. The number of fused-ring (bicyclic) bond motifs is 2. The van der Waals surface area contributed by atoms with E-state index < -0.39 is 0 Å². The lowest BCUT2D eigenvalue weighted by Crippen LogP contribution is -3.14. The van der Waals surface area contributed by atoms with E-state index in [4.69, 9.17) is 29.9 Å². The summed E-state index contributed by atoms with van der Waals surface area (Å²) < 4.78 is 18.1. The number of carbonyl (C=O) groups is 1. The Kier molecular flexibility index (Phi) is 7.38. The molecule has 0 unspecified atom stereocenters. The number of anilines is 1. The Morgan fingerprint density at radius 3 is 2.54 bits per heavy atom. The van der Waals surface area contributed by atoms with Crippen LogP contribution in [-0.4, -0.2) is 74.1 Å². The van der Waals surface area contributed by atoms with Crippen LogP contribution in [0.5, 0.6) is 11.5 Å². The van der Waals surface area contributed by atoms with Crippen molar-refractivity contribution in [3.8, 4) is 11.5 Å². The molecule has 194 valence electrons. The van der Waals surface area contributed by atoms with E-state index in [1.54, 1.807) is 14.2 Å². The SMILES string of the molecule is COc1ccc(CCn2c(N)c(C(=O)NCC[NH+]3CCOCC3)c3nc4ccccc4nc32)cc1OC. The number of amides is 1. The molecule has 4 aromatic rings. The average Bonchev–Trinajstić information content (AvgIpc) is 3.20. The van der Waals surface area contributed by atoms with Crippen molar-refractivity contribution in [2.75, 3.05) is 59.3 Å². The summed E-state index contributed by atoms with van der Waals surface area (Å²) in [5.41, 5.74) is 10.6. The van der Waals surface area contributed by atoms with Gasteiger partial charge in [-0.3, -0.25) is 4.79 Å². The molecule has 4 N–H and O–H groups in total. The van der Waals surface area contributed by atoms with Crippen molar-refractivity contribution in [3.05, 3.63) is 53.6 Å². The van der Waals surface area contributed by atoms with Gasteiger partial charge < -0.3 is 34.7 Å². The van der Waals surface area contributed by atoms with Gasteiger partial charge in [0, 0.05) is 6.54 Å². The van der Waals surface area contributed by atoms with Crippen LogP contribution in [0.25, 0.3) is 22.2 Å². The predicted molar refractivity (Wildman–Crippen MR) is 141 cm³/mol. The van der Waals surface area contributed by atoms with E-state index >= 15 is 0 Å². The van der Waals surface area contributed by atoms with Gasteiger partial charge in [-0.15, -0.1) is 0 Å². The number of methoxy groups -OCH3 is 2. The number of morpholine rings is 1. The fraction of sp³-hybridized carbons (Fsp3) is 0.370. The number of nitrogens with one attached hydrogen (secondary N) is 2. The molecular formula is C27H33N6O4+.